The second kappa shape index (κ2) is 6.53. The fourth-order valence-corrected chi connectivity index (χ4v) is 4.79. The third-order valence-electron chi connectivity index (χ3n) is 5.27. The minimum atomic E-state index is 0.0521. The van der Waals surface area contributed by atoms with Gasteiger partial charge in [-0.3, -0.25) is 4.79 Å². The van der Waals surface area contributed by atoms with Crippen LogP contribution in [0.3, 0.4) is 0 Å². The molecule has 6 nitrogen and oxygen atoms in total. The number of benzene rings is 1. The molecule has 7 heteroatoms. The molecule has 0 aliphatic carbocycles. The number of carbonyl (C=O) groups is 1. The summed E-state index contributed by atoms with van der Waals surface area (Å²) in [5.74, 6) is 0.878. The first-order valence-corrected chi connectivity index (χ1v) is 10.0. The lowest BCUT2D eigenvalue weighted by molar-refractivity contribution is 0.0739. The summed E-state index contributed by atoms with van der Waals surface area (Å²) in [7, 11) is 1.67. The number of hydrogen-bond acceptors (Lipinski definition) is 4. The molecule has 0 saturated carbocycles. The molecule has 5 rings (SSSR count). The van der Waals surface area contributed by atoms with E-state index >= 15 is 0 Å². The van der Waals surface area contributed by atoms with Crippen LogP contribution in [-0.2, 0) is 13.0 Å². The molecule has 28 heavy (non-hydrogen) atoms. The summed E-state index contributed by atoms with van der Waals surface area (Å²) in [5.41, 5.74) is 4.26. The van der Waals surface area contributed by atoms with Crippen molar-refractivity contribution < 1.29 is 9.53 Å². The summed E-state index contributed by atoms with van der Waals surface area (Å²) in [4.78, 5) is 24.0. The van der Waals surface area contributed by atoms with Gasteiger partial charge in [0.15, 0.2) is 5.13 Å². The predicted molar refractivity (Wildman–Crippen MR) is 109 cm³/mol. The molecule has 0 saturated heterocycles. The number of nitrogens with zero attached hydrogens (tertiary/aromatic N) is 3. The lowest BCUT2D eigenvalue weighted by Gasteiger charge is -2.27. The minimum Gasteiger partial charge on any atom is -0.497 e. The van der Waals surface area contributed by atoms with Crippen LogP contribution in [-0.4, -0.2) is 39.0 Å². The summed E-state index contributed by atoms with van der Waals surface area (Å²) in [6.07, 6.45) is 4.71. The Hall–Kier alpha value is -3.06. The Morgan fingerprint density at radius 3 is 2.89 bits per heavy atom. The van der Waals surface area contributed by atoms with E-state index in [-0.39, 0.29) is 5.91 Å². The molecule has 0 fully saturated rings. The summed E-state index contributed by atoms with van der Waals surface area (Å²) in [6, 6.07) is 9.94. The molecule has 0 bridgehead atoms. The molecule has 0 atom stereocenters. The zero-order valence-electron chi connectivity index (χ0n) is 15.7. The van der Waals surface area contributed by atoms with Crippen molar-refractivity contribution in [1.82, 2.24) is 19.4 Å². The SMILES string of the molecule is COc1ccc2[nH]c3c(c2c1)CN(C(=O)c1sc(-n2cccc2)nc1C)CC3. The van der Waals surface area contributed by atoms with Gasteiger partial charge in [-0.05, 0) is 37.3 Å². The van der Waals surface area contributed by atoms with E-state index in [1.54, 1.807) is 7.11 Å². The van der Waals surface area contributed by atoms with Crippen molar-refractivity contribution in [3.8, 4) is 10.9 Å². The molecule has 0 radical (unpaired) electrons. The number of aryl methyl sites for hydroxylation is 1. The van der Waals surface area contributed by atoms with Gasteiger partial charge in [-0.25, -0.2) is 4.98 Å². The molecule has 1 N–H and O–H groups in total. The number of rotatable bonds is 3. The lowest BCUT2D eigenvalue weighted by Crippen LogP contribution is -2.35. The summed E-state index contributed by atoms with van der Waals surface area (Å²) >= 11 is 1.44. The monoisotopic (exact) mass is 392 g/mol. The minimum absolute atomic E-state index is 0.0521. The number of methoxy groups -OCH3 is 1. The Morgan fingerprint density at radius 1 is 1.29 bits per heavy atom. The molecule has 3 aromatic heterocycles. The highest BCUT2D eigenvalue weighted by atomic mass is 32.1. The number of ether oxygens (including phenoxy) is 1. The van der Waals surface area contributed by atoms with Gasteiger partial charge in [-0.1, -0.05) is 11.3 Å². The van der Waals surface area contributed by atoms with Crippen LogP contribution in [0.4, 0.5) is 0 Å². The second-order valence-corrected chi connectivity index (χ2v) is 7.95. The number of aromatic amines is 1. The maximum Gasteiger partial charge on any atom is 0.266 e. The third kappa shape index (κ3) is 2.70. The van der Waals surface area contributed by atoms with Gasteiger partial charge in [0.05, 0.1) is 12.8 Å². The molecule has 1 aliphatic rings. The van der Waals surface area contributed by atoms with Crippen molar-refractivity contribution in [3.63, 3.8) is 0 Å². The van der Waals surface area contributed by atoms with E-state index < -0.39 is 0 Å². The highest BCUT2D eigenvalue weighted by Crippen LogP contribution is 2.32. The molecule has 4 aromatic rings. The first-order chi connectivity index (χ1) is 13.6. The Morgan fingerprint density at radius 2 is 2.11 bits per heavy atom. The number of H-pyrrole nitrogens is 1. The Labute approximate surface area is 166 Å². The molecule has 0 unspecified atom stereocenters. The predicted octanol–water partition coefficient (Wildman–Crippen LogP) is 3.93. The highest BCUT2D eigenvalue weighted by Gasteiger charge is 2.27. The summed E-state index contributed by atoms with van der Waals surface area (Å²) < 4.78 is 7.32. The largest absolute Gasteiger partial charge is 0.497 e. The van der Waals surface area contributed by atoms with Crippen LogP contribution in [0.1, 0.15) is 26.6 Å². The van der Waals surface area contributed by atoms with Crippen molar-refractivity contribution in [2.45, 2.75) is 19.9 Å². The van der Waals surface area contributed by atoms with Crippen LogP contribution in [0, 0.1) is 6.92 Å². The van der Waals surface area contributed by atoms with Gasteiger partial charge in [0.1, 0.15) is 10.6 Å². The Bertz CT molecular complexity index is 1170. The fourth-order valence-electron chi connectivity index (χ4n) is 3.79. The molecule has 0 spiro atoms. The Kier molecular flexibility index (Phi) is 3.98. The normalized spacial score (nSPS) is 13.7. The lowest BCUT2D eigenvalue weighted by atomic mass is 10.0. The zero-order chi connectivity index (χ0) is 19.3. The molecular formula is C21H20N4O2S. The van der Waals surface area contributed by atoms with E-state index in [9.17, 15) is 4.79 Å². The molecule has 1 aliphatic heterocycles. The van der Waals surface area contributed by atoms with E-state index in [0.717, 1.165) is 33.9 Å². The van der Waals surface area contributed by atoms with Crippen molar-refractivity contribution in [2.24, 2.45) is 0 Å². The van der Waals surface area contributed by atoms with Gasteiger partial charge in [0, 0.05) is 54.1 Å². The maximum atomic E-state index is 13.2. The number of amides is 1. The number of aromatic nitrogens is 3. The molecule has 1 amide bonds. The van der Waals surface area contributed by atoms with Gasteiger partial charge in [0.25, 0.3) is 5.91 Å². The zero-order valence-corrected chi connectivity index (χ0v) is 16.5. The van der Waals surface area contributed by atoms with Crippen LogP contribution in [0.2, 0.25) is 0 Å². The molecule has 142 valence electrons. The molecule has 4 heterocycles. The number of hydrogen-bond donors (Lipinski definition) is 1. The smallest absolute Gasteiger partial charge is 0.266 e. The topological polar surface area (TPSA) is 63.1 Å². The first-order valence-electron chi connectivity index (χ1n) is 9.21. The first kappa shape index (κ1) is 17.1. The van der Waals surface area contributed by atoms with E-state index in [4.69, 9.17) is 4.74 Å². The van der Waals surface area contributed by atoms with E-state index in [1.807, 2.05) is 59.1 Å². The average Bonchev–Trinajstić information content (AvgIpc) is 3.44. The average molecular weight is 392 g/mol. The fraction of sp³-hybridized carbons (Fsp3) is 0.238. The number of thiazole rings is 1. The van der Waals surface area contributed by atoms with Crippen LogP contribution >= 0.6 is 11.3 Å². The van der Waals surface area contributed by atoms with Gasteiger partial charge in [-0.15, -0.1) is 0 Å². The Balaban J connectivity index is 1.47. The van der Waals surface area contributed by atoms with E-state index in [2.05, 4.69) is 9.97 Å². The number of nitrogens with one attached hydrogen (secondary N) is 1. The third-order valence-corrected chi connectivity index (χ3v) is 6.43. The van der Waals surface area contributed by atoms with Crippen molar-refractivity contribution in [3.05, 3.63) is 64.6 Å². The van der Waals surface area contributed by atoms with E-state index in [1.165, 1.54) is 22.6 Å². The van der Waals surface area contributed by atoms with Gasteiger partial charge in [0.2, 0.25) is 0 Å². The summed E-state index contributed by atoms with van der Waals surface area (Å²) in [6.45, 7) is 3.20. The highest BCUT2D eigenvalue weighted by molar-refractivity contribution is 7.16. The molecular weight excluding hydrogens is 372 g/mol. The standard InChI is InChI=1S/C21H20N4O2S/c1-13-19(28-21(22-13)24-8-3-4-9-24)20(26)25-10-7-18-16(12-25)15-11-14(27-2)5-6-17(15)23-18/h3-6,8-9,11,23H,7,10,12H2,1-2H3. The van der Waals surface area contributed by atoms with Gasteiger partial charge >= 0.3 is 0 Å². The summed E-state index contributed by atoms with van der Waals surface area (Å²) in [5, 5.41) is 1.95. The van der Waals surface area contributed by atoms with Crippen LogP contribution < -0.4 is 4.74 Å². The maximum absolute atomic E-state index is 13.2. The second-order valence-electron chi connectivity index (χ2n) is 6.97. The van der Waals surface area contributed by atoms with Crippen LogP contribution in [0.5, 0.6) is 5.75 Å². The van der Waals surface area contributed by atoms with Gasteiger partial charge < -0.3 is 19.2 Å². The van der Waals surface area contributed by atoms with Crippen LogP contribution in [0.15, 0.2) is 42.7 Å². The van der Waals surface area contributed by atoms with E-state index in [0.29, 0.717) is 18.0 Å². The number of carbonyl (C=O) groups excluding carboxylic acids is 1. The van der Waals surface area contributed by atoms with Crippen LogP contribution in [0.25, 0.3) is 16.0 Å². The van der Waals surface area contributed by atoms with Crippen molar-refractivity contribution >= 4 is 28.1 Å². The number of fused-ring (bicyclic) bond motifs is 3. The van der Waals surface area contributed by atoms with Gasteiger partial charge in [-0.2, -0.15) is 0 Å². The molecule has 1 aromatic carbocycles. The van der Waals surface area contributed by atoms with Crippen molar-refractivity contribution in [2.75, 3.05) is 13.7 Å². The van der Waals surface area contributed by atoms with Crippen molar-refractivity contribution in [1.29, 1.82) is 0 Å². The quantitative estimate of drug-likeness (QED) is 0.575.